The second kappa shape index (κ2) is 16.3. The number of rotatable bonds is 15. The minimum atomic E-state index is -0.661. The molecule has 118 valence electrons. The molecule has 0 saturated heterocycles. The highest BCUT2D eigenvalue weighted by atomic mass is 16.4. The van der Waals surface area contributed by atoms with Gasteiger partial charge in [0.25, 0.3) is 0 Å². The summed E-state index contributed by atoms with van der Waals surface area (Å²) in [6.07, 6.45) is 21.2. The number of hydrogen-bond donors (Lipinski definition) is 1. The van der Waals surface area contributed by atoms with Crippen molar-refractivity contribution in [3.8, 4) is 0 Å². The second-order valence-corrected chi connectivity index (χ2v) is 5.73. The Kier molecular flexibility index (Phi) is 15.6. The Balaban J connectivity index is 3.05. The molecule has 0 aromatic heterocycles. The first kappa shape index (κ1) is 19.2. The van der Waals surface area contributed by atoms with Gasteiger partial charge in [0.15, 0.2) is 0 Å². The molecule has 0 aliphatic rings. The molecule has 1 N–H and O–H groups in total. The lowest BCUT2D eigenvalue weighted by atomic mass is 10.1. The Labute approximate surface area is 125 Å². The molecule has 0 heterocycles. The van der Waals surface area contributed by atoms with Gasteiger partial charge in [0, 0.05) is 6.42 Å². The SMILES string of the molecule is CCCCCC/C=C/CCCCCCCCCC(=O)O. The summed E-state index contributed by atoms with van der Waals surface area (Å²) in [5.41, 5.74) is 0. The Morgan fingerprint density at radius 3 is 1.70 bits per heavy atom. The summed E-state index contributed by atoms with van der Waals surface area (Å²) in [6.45, 7) is 2.25. The zero-order valence-electron chi connectivity index (χ0n) is 13.4. The molecular weight excluding hydrogens is 248 g/mol. The summed E-state index contributed by atoms with van der Waals surface area (Å²) >= 11 is 0. The van der Waals surface area contributed by atoms with Crippen LogP contribution in [0.15, 0.2) is 12.2 Å². The molecule has 0 fully saturated rings. The molecule has 0 aromatic carbocycles. The lowest BCUT2D eigenvalue weighted by molar-refractivity contribution is -0.137. The summed E-state index contributed by atoms with van der Waals surface area (Å²) in [5, 5.41) is 8.51. The van der Waals surface area contributed by atoms with Gasteiger partial charge in [-0.1, -0.05) is 70.4 Å². The quantitative estimate of drug-likeness (QED) is 0.291. The highest BCUT2D eigenvalue weighted by Gasteiger charge is 1.96. The van der Waals surface area contributed by atoms with E-state index >= 15 is 0 Å². The molecule has 2 nitrogen and oxygen atoms in total. The van der Waals surface area contributed by atoms with E-state index < -0.39 is 5.97 Å². The molecule has 0 rings (SSSR count). The number of unbranched alkanes of at least 4 members (excludes halogenated alkanes) is 11. The average Bonchev–Trinajstić information content (AvgIpc) is 2.43. The summed E-state index contributed by atoms with van der Waals surface area (Å²) in [5.74, 6) is -0.661. The standard InChI is InChI=1S/C18H34O2/c1-2-3-4-5-6-7-8-9-10-11-12-13-14-15-16-17-18(19)20/h7-8H,2-6,9-17H2,1H3,(H,19,20)/b8-7+. The first-order valence-electron chi connectivity index (χ1n) is 8.64. The van der Waals surface area contributed by atoms with Gasteiger partial charge in [-0.2, -0.15) is 0 Å². The molecule has 0 bridgehead atoms. The lowest BCUT2D eigenvalue weighted by Crippen LogP contribution is -1.93. The molecule has 0 aliphatic carbocycles. The fourth-order valence-corrected chi connectivity index (χ4v) is 2.35. The minimum absolute atomic E-state index is 0.336. The molecule has 0 aliphatic heterocycles. The van der Waals surface area contributed by atoms with Crippen molar-refractivity contribution < 1.29 is 9.90 Å². The summed E-state index contributed by atoms with van der Waals surface area (Å²) in [4.78, 5) is 10.3. The predicted molar refractivity (Wildman–Crippen MR) is 87.1 cm³/mol. The Bertz CT molecular complexity index is 234. The fourth-order valence-electron chi connectivity index (χ4n) is 2.35. The van der Waals surface area contributed by atoms with Crippen LogP contribution < -0.4 is 0 Å². The molecule has 0 saturated carbocycles. The van der Waals surface area contributed by atoms with E-state index in [9.17, 15) is 4.79 Å². The smallest absolute Gasteiger partial charge is 0.303 e. The van der Waals surface area contributed by atoms with Crippen LogP contribution in [0, 0.1) is 0 Å². The monoisotopic (exact) mass is 282 g/mol. The normalized spacial score (nSPS) is 11.2. The first-order valence-corrected chi connectivity index (χ1v) is 8.64. The summed E-state index contributed by atoms with van der Waals surface area (Å²) in [6, 6.07) is 0. The molecule has 2 heteroatoms. The van der Waals surface area contributed by atoms with Crippen molar-refractivity contribution in [3.63, 3.8) is 0 Å². The van der Waals surface area contributed by atoms with Crippen LogP contribution in [0.1, 0.15) is 96.8 Å². The van der Waals surface area contributed by atoms with Crippen molar-refractivity contribution in [1.82, 2.24) is 0 Å². The molecule has 20 heavy (non-hydrogen) atoms. The molecule has 0 atom stereocenters. The maximum Gasteiger partial charge on any atom is 0.303 e. The van der Waals surface area contributed by atoms with Gasteiger partial charge in [-0.15, -0.1) is 0 Å². The topological polar surface area (TPSA) is 37.3 Å². The first-order chi connectivity index (χ1) is 9.77. The van der Waals surface area contributed by atoms with E-state index in [2.05, 4.69) is 19.1 Å². The lowest BCUT2D eigenvalue weighted by Gasteiger charge is -2.00. The summed E-state index contributed by atoms with van der Waals surface area (Å²) in [7, 11) is 0. The Morgan fingerprint density at radius 2 is 1.20 bits per heavy atom. The molecule has 0 spiro atoms. The second-order valence-electron chi connectivity index (χ2n) is 5.73. The molecule has 0 amide bonds. The van der Waals surface area contributed by atoms with Gasteiger partial charge < -0.3 is 5.11 Å². The van der Waals surface area contributed by atoms with Crippen molar-refractivity contribution in [1.29, 1.82) is 0 Å². The van der Waals surface area contributed by atoms with Crippen molar-refractivity contribution in [3.05, 3.63) is 12.2 Å². The number of carboxylic acid groups (broad SMARTS) is 1. The van der Waals surface area contributed by atoms with Crippen LogP contribution in [0.3, 0.4) is 0 Å². The number of allylic oxidation sites excluding steroid dienone is 2. The Hall–Kier alpha value is -0.790. The van der Waals surface area contributed by atoms with E-state index in [1.54, 1.807) is 0 Å². The van der Waals surface area contributed by atoms with Crippen LogP contribution in [-0.4, -0.2) is 11.1 Å². The molecule has 0 unspecified atom stereocenters. The third kappa shape index (κ3) is 17.2. The van der Waals surface area contributed by atoms with E-state index in [4.69, 9.17) is 5.11 Å². The van der Waals surface area contributed by atoms with Gasteiger partial charge in [-0.3, -0.25) is 4.79 Å². The van der Waals surface area contributed by atoms with Gasteiger partial charge in [0.05, 0.1) is 0 Å². The maximum atomic E-state index is 10.3. The van der Waals surface area contributed by atoms with Gasteiger partial charge in [-0.25, -0.2) is 0 Å². The molecule has 0 aromatic rings. The minimum Gasteiger partial charge on any atom is -0.481 e. The van der Waals surface area contributed by atoms with E-state index in [0.29, 0.717) is 6.42 Å². The van der Waals surface area contributed by atoms with Crippen LogP contribution in [-0.2, 0) is 4.79 Å². The number of aliphatic carboxylic acids is 1. The maximum absolute atomic E-state index is 10.3. The number of carbonyl (C=O) groups is 1. The largest absolute Gasteiger partial charge is 0.481 e. The highest BCUT2D eigenvalue weighted by molar-refractivity contribution is 5.66. The van der Waals surface area contributed by atoms with Crippen LogP contribution in [0.4, 0.5) is 0 Å². The van der Waals surface area contributed by atoms with Crippen molar-refractivity contribution in [2.75, 3.05) is 0 Å². The van der Waals surface area contributed by atoms with E-state index in [1.807, 2.05) is 0 Å². The van der Waals surface area contributed by atoms with Crippen LogP contribution in [0.5, 0.6) is 0 Å². The van der Waals surface area contributed by atoms with Gasteiger partial charge in [0.2, 0.25) is 0 Å². The fraction of sp³-hybridized carbons (Fsp3) is 0.833. The third-order valence-corrected chi connectivity index (χ3v) is 3.65. The summed E-state index contributed by atoms with van der Waals surface area (Å²) < 4.78 is 0. The Morgan fingerprint density at radius 1 is 0.750 bits per heavy atom. The highest BCUT2D eigenvalue weighted by Crippen LogP contribution is 2.10. The third-order valence-electron chi connectivity index (χ3n) is 3.65. The van der Waals surface area contributed by atoms with Gasteiger partial charge in [-0.05, 0) is 32.1 Å². The molecular formula is C18H34O2. The zero-order valence-corrected chi connectivity index (χ0v) is 13.4. The van der Waals surface area contributed by atoms with Gasteiger partial charge >= 0.3 is 5.97 Å². The van der Waals surface area contributed by atoms with Crippen LogP contribution in [0.25, 0.3) is 0 Å². The van der Waals surface area contributed by atoms with Gasteiger partial charge in [0.1, 0.15) is 0 Å². The number of carboxylic acids is 1. The number of hydrogen-bond acceptors (Lipinski definition) is 1. The van der Waals surface area contributed by atoms with Crippen LogP contribution >= 0.6 is 0 Å². The van der Waals surface area contributed by atoms with E-state index in [1.165, 1.54) is 70.6 Å². The zero-order chi connectivity index (χ0) is 14.9. The van der Waals surface area contributed by atoms with E-state index in [0.717, 1.165) is 12.8 Å². The van der Waals surface area contributed by atoms with Crippen molar-refractivity contribution >= 4 is 5.97 Å². The van der Waals surface area contributed by atoms with Crippen molar-refractivity contribution in [2.45, 2.75) is 96.8 Å². The average molecular weight is 282 g/mol. The van der Waals surface area contributed by atoms with E-state index in [-0.39, 0.29) is 0 Å². The predicted octanol–water partition coefficient (Wildman–Crippen LogP) is 6.11. The van der Waals surface area contributed by atoms with Crippen molar-refractivity contribution in [2.24, 2.45) is 0 Å². The van der Waals surface area contributed by atoms with Crippen LogP contribution in [0.2, 0.25) is 0 Å². The molecule has 0 radical (unpaired) electrons.